The molecule has 0 radical (unpaired) electrons. The van der Waals surface area contributed by atoms with Crippen molar-refractivity contribution in [3.63, 3.8) is 0 Å². The summed E-state index contributed by atoms with van der Waals surface area (Å²) >= 11 is 3.19. The summed E-state index contributed by atoms with van der Waals surface area (Å²) in [6.07, 6.45) is 2.77. The predicted octanol–water partition coefficient (Wildman–Crippen LogP) is 1.77. The van der Waals surface area contributed by atoms with Crippen molar-refractivity contribution < 1.29 is 13.2 Å². The highest BCUT2D eigenvalue weighted by Crippen LogP contribution is 2.18. The SMILES string of the molecule is CCN(CC(=O)NC(C)(C)C)S(=O)(=O)c1cncc(Br)c1. The number of aromatic nitrogens is 1. The highest BCUT2D eigenvalue weighted by atomic mass is 79.9. The van der Waals surface area contributed by atoms with Crippen molar-refractivity contribution in [1.29, 1.82) is 0 Å². The summed E-state index contributed by atoms with van der Waals surface area (Å²) in [6.45, 7) is 7.19. The largest absolute Gasteiger partial charge is 0.350 e. The maximum atomic E-state index is 12.5. The molecule has 0 saturated carbocycles. The van der Waals surface area contributed by atoms with E-state index in [2.05, 4.69) is 26.2 Å². The van der Waals surface area contributed by atoms with Crippen molar-refractivity contribution in [2.75, 3.05) is 13.1 Å². The number of carbonyl (C=O) groups excluding carboxylic acids is 1. The molecule has 21 heavy (non-hydrogen) atoms. The first-order chi connectivity index (χ1) is 9.56. The van der Waals surface area contributed by atoms with Gasteiger partial charge in [0.15, 0.2) is 0 Å². The highest BCUT2D eigenvalue weighted by molar-refractivity contribution is 9.10. The molecule has 0 aliphatic heterocycles. The molecule has 0 saturated heterocycles. The van der Waals surface area contributed by atoms with Crippen LogP contribution in [0, 0.1) is 0 Å². The Morgan fingerprint density at radius 1 is 1.38 bits per heavy atom. The summed E-state index contributed by atoms with van der Waals surface area (Å²) in [5.74, 6) is -0.337. The van der Waals surface area contributed by atoms with E-state index in [9.17, 15) is 13.2 Å². The molecule has 1 heterocycles. The number of nitrogens with one attached hydrogen (secondary N) is 1. The van der Waals surface area contributed by atoms with Crippen LogP contribution in [0.2, 0.25) is 0 Å². The van der Waals surface area contributed by atoms with E-state index < -0.39 is 15.6 Å². The first-order valence-electron chi connectivity index (χ1n) is 6.48. The molecule has 1 N–H and O–H groups in total. The minimum atomic E-state index is -3.74. The zero-order valence-electron chi connectivity index (χ0n) is 12.6. The van der Waals surface area contributed by atoms with Crippen LogP contribution in [0.15, 0.2) is 27.8 Å². The molecule has 6 nitrogen and oxygen atoms in total. The second kappa shape index (κ2) is 6.85. The molecule has 0 aromatic carbocycles. The van der Waals surface area contributed by atoms with Crippen LogP contribution < -0.4 is 5.32 Å². The van der Waals surface area contributed by atoms with E-state index in [1.165, 1.54) is 18.5 Å². The lowest BCUT2D eigenvalue weighted by atomic mass is 10.1. The molecule has 8 heteroatoms. The molecule has 0 atom stereocenters. The van der Waals surface area contributed by atoms with E-state index in [0.29, 0.717) is 4.47 Å². The second-order valence-corrected chi connectivity index (χ2v) is 8.42. The number of sulfonamides is 1. The Morgan fingerprint density at radius 3 is 2.48 bits per heavy atom. The van der Waals surface area contributed by atoms with Crippen molar-refractivity contribution in [3.8, 4) is 0 Å². The summed E-state index contributed by atoms with van der Waals surface area (Å²) < 4.78 is 26.7. The fraction of sp³-hybridized carbons (Fsp3) is 0.538. The molecular formula is C13H20BrN3O3S. The Kier molecular flexibility index (Phi) is 5.89. The van der Waals surface area contributed by atoms with Crippen LogP contribution >= 0.6 is 15.9 Å². The topological polar surface area (TPSA) is 79.4 Å². The average molecular weight is 378 g/mol. The molecule has 0 bridgehead atoms. The molecule has 1 aromatic heterocycles. The quantitative estimate of drug-likeness (QED) is 0.847. The van der Waals surface area contributed by atoms with E-state index >= 15 is 0 Å². The zero-order valence-corrected chi connectivity index (χ0v) is 15.0. The Balaban J connectivity index is 2.96. The van der Waals surface area contributed by atoms with E-state index in [-0.39, 0.29) is 23.9 Å². The van der Waals surface area contributed by atoms with Gasteiger partial charge in [-0.25, -0.2) is 8.42 Å². The number of hydrogen-bond donors (Lipinski definition) is 1. The molecule has 0 aliphatic carbocycles. The summed E-state index contributed by atoms with van der Waals surface area (Å²) in [5, 5.41) is 2.75. The van der Waals surface area contributed by atoms with Gasteiger partial charge in [0.25, 0.3) is 0 Å². The molecular weight excluding hydrogens is 358 g/mol. The normalized spacial score (nSPS) is 12.5. The number of rotatable bonds is 5. The van der Waals surface area contributed by atoms with Gasteiger partial charge in [-0.3, -0.25) is 9.78 Å². The lowest BCUT2D eigenvalue weighted by molar-refractivity contribution is -0.122. The average Bonchev–Trinajstić information content (AvgIpc) is 2.33. The Hall–Kier alpha value is -0.990. The van der Waals surface area contributed by atoms with Gasteiger partial charge in [-0.15, -0.1) is 0 Å². The fourth-order valence-corrected chi connectivity index (χ4v) is 3.58. The van der Waals surface area contributed by atoms with Gasteiger partial charge in [0.2, 0.25) is 15.9 Å². The highest BCUT2D eigenvalue weighted by Gasteiger charge is 2.27. The fourth-order valence-electron chi connectivity index (χ4n) is 1.67. The summed E-state index contributed by atoms with van der Waals surface area (Å²) in [4.78, 5) is 15.8. The van der Waals surface area contributed by atoms with E-state index in [0.717, 1.165) is 4.31 Å². The van der Waals surface area contributed by atoms with Gasteiger partial charge in [0.1, 0.15) is 4.90 Å². The lowest BCUT2D eigenvalue weighted by Crippen LogP contribution is -2.47. The van der Waals surface area contributed by atoms with Gasteiger partial charge in [-0.1, -0.05) is 6.92 Å². The van der Waals surface area contributed by atoms with Crippen LogP contribution in [0.4, 0.5) is 0 Å². The molecule has 118 valence electrons. The van der Waals surface area contributed by atoms with E-state index in [4.69, 9.17) is 0 Å². The van der Waals surface area contributed by atoms with Crippen LogP contribution in [0.25, 0.3) is 0 Å². The van der Waals surface area contributed by atoms with Crippen LogP contribution in [0.5, 0.6) is 0 Å². The minimum Gasteiger partial charge on any atom is -0.350 e. The smallest absolute Gasteiger partial charge is 0.245 e. The standard InChI is InChI=1S/C13H20BrN3O3S/c1-5-17(9-12(18)16-13(2,3)4)21(19,20)11-6-10(14)7-15-8-11/h6-8H,5,9H2,1-4H3,(H,16,18). The van der Waals surface area contributed by atoms with E-state index in [1.54, 1.807) is 6.92 Å². The van der Waals surface area contributed by atoms with E-state index in [1.807, 2.05) is 20.8 Å². The first kappa shape index (κ1) is 18.1. The number of likely N-dealkylation sites (N-methyl/N-ethyl adjacent to an activating group) is 1. The number of nitrogens with zero attached hydrogens (tertiary/aromatic N) is 2. The molecule has 0 unspecified atom stereocenters. The maximum absolute atomic E-state index is 12.5. The zero-order chi connectivity index (χ0) is 16.3. The molecule has 1 aromatic rings. The van der Waals surface area contributed by atoms with Gasteiger partial charge in [-0.2, -0.15) is 4.31 Å². The number of halogens is 1. The van der Waals surface area contributed by atoms with Crippen LogP contribution in [-0.2, 0) is 14.8 Å². The van der Waals surface area contributed by atoms with Gasteiger partial charge in [-0.05, 0) is 42.8 Å². The van der Waals surface area contributed by atoms with Gasteiger partial charge in [0, 0.05) is 29.0 Å². The second-order valence-electron chi connectivity index (χ2n) is 5.57. The van der Waals surface area contributed by atoms with Crippen molar-refractivity contribution >= 4 is 31.9 Å². The molecule has 0 fully saturated rings. The van der Waals surface area contributed by atoms with Crippen molar-refractivity contribution in [2.45, 2.75) is 38.1 Å². The van der Waals surface area contributed by atoms with Crippen molar-refractivity contribution in [1.82, 2.24) is 14.6 Å². The molecule has 0 spiro atoms. The third-order valence-electron chi connectivity index (χ3n) is 2.50. The molecule has 1 rings (SSSR count). The summed E-state index contributed by atoms with van der Waals surface area (Å²) in [5.41, 5.74) is -0.405. The summed E-state index contributed by atoms with van der Waals surface area (Å²) in [6, 6.07) is 1.46. The first-order valence-corrected chi connectivity index (χ1v) is 8.71. The summed E-state index contributed by atoms with van der Waals surface area (Å²) in [7, 11) is -3.74. The minimum absolute atomic E-state index is 0.0577. The number of pyridine rings is 1. The van der Waals surface area contributed by atoms with Gasteiger partial charge in [0.05, 0.1) is 6.54 Å². The number of amides is 1. The number of hydrogen-bond acceptors (Lipinski definition) is 4. The Labute approximate surface area is 134 Å². The number of carbonyl (C=O) groups is 1. The van der Waals surface area contributed by atoms with Crippen LogP contribution in [-0.4, -0.2) is 42.2 Å². The predicted molar refractivity (Wildman–Crippen MR) is 84.3 cm³/mol. The third-order valence-corrected chi connectivity index (χ3v) is 4.82. The monoisotopic (exact) mass is 377 g/mol. The van der Waals surface area contributed by atoms with Gasteiger partial charge >= 0.3 is 0 Å². The van der Waals surface area contributed by atoms with Crippen LogP contribution in [0.1, 0.15) is 27.7 Å². The molecule has 0 aliphatic rings. The molecule has 1 amide bonds. The van der Waals surface area contributed by atoms with Crippen molar-refractivity contribution in [2.24, 2.45) is 0 Å². The maximum Gasteiger partial charge on any atom is 0.245 e. The Bertz CT molecular complexity index is 611. The third kappa shape index (κ3) is 5.37. The van der Waals surface area contributed by atoms with Crippen molar-refractivity contribution in [3.05, 3.63) is 22.9 Å². The van der Waals surface area contributed by atoms with Crippen LogP contribution in [0.3, 0.4) is 0 Å². The van der Waals surface area contributed by atoms with Gasteiger partial charge < -0.3 is 5.32 Å². The Morgan fingerprint density at radius 2 is 2.00 bits per heavy atom. The lowest BCUT2D eigenvalue weighted by Gasteiger charge is -2.24.